The Morgan fingerprint density at radius 1 is 1.27 bits per heavy atom. The summed E-state index contributed by atoms with van der Waals surface area (Å²) in [7, 11) is 0. The number of aromatic nitrogens is 2. The molecule has 0 aliphatic carbocycles. The second-order valence-electron chi connectivity index (χ2n) is 7.17. The first kappa shape index (κ1) is 22.5. The molecule has 2 aromatic carbocycles. The molecular weight excluding hydrogens is 466 g/mol. The summed E-state index contributed by atoms with van der Waals surface area (Å²) in [6, 6.07) is 10.9. The summed E-state index contributed by atoms with van der Waals surface area (Å²) < 4.78 is 8.20. The third-order valence-corrected chi connectivity index (χ3v) is 5.54. The number of fused-ring (bicyclic) bond motifs is 1. The van der Waals surface area contributed by atoms with Crippen LogP contribution >= 0.6 is 27.5 Å². The van der Waals surface area contributed by atoms with Gasteiger partial charge in [-0.1, -0.05) is 47.8 Å². The monoisotopic (exact) mass is 489 g/mol. The first-order chi connectivity index (χ1) is 14.4. The van der Waals surface area contributed by atoms with Crippen LogP contribution in [0.4, 0.5) is 0 Å². The van der Waals surface area contributed by atoms with E-state index >= 15 is 0 Å². The number of aryl methyl sites for hydroxylation is 1. The van der Waals surface area contributed by atoms with Gasteiger partial charge in [-0.25, -0.2) is 4.98 Å². The Labute approximate surface area is 189 Å². The fraction of sp³-hybridized carbons (Fsp3) is 0.348. The van der Waals surface area contributed by atoms with E-state index in [9.17, 15) is 4.79 Å². The molecule has 0 saturated heterocycles. The summed E-state index contributed by atoms with van der Waals surface area (Å²) >= 11 is 9.62. The van der Waals surface area contributed by atoms with Gasteiger partial charge in [0.2, 0.25) is 0 Å². The van der Waals surface area contributed by atoms with Gasteiger partial charge in [0.25, 0.3) is 5.56 Å². The van der Waals surface area contributed by atoms with Crippen LogP contribution in [0.15, 0.2) is 50.8 Å². The maximum Gasteiger partial charge on any atom is 0.282 e. The van der Waals surface area contributed by atoms with E-state index in [2.05, 4.69) is 34.9 Å². The Morgan fingerprint density at radius 2 is 2.07 bits per heavy atom. The molecule has 1 atom stereocenters. The Hall–Kier alpha value is -2.18. The quantitative estimate of drug-likeness (QED) is 0.352. The van der Waals surface area contributed by atoms with Crippen molar-refractivity contribution in [2.45, 2.75) is 52.6 Å². The molecule has 0 bridgehead atoms. The Morgan fingerprint density at radius 3 is 2.80 bits per heavy atom. The van der Waals surface area contributed by atoms with Gasteiger partial charge >= 0.3 is 0 Å². The molecule has 0 radical (unpaired) electrons. The lowest BCUT2D eigenvalue weighted by molar-refractivity contribution is 0.217. The van der Waals surface area contributed by atoms with E-state index in [1.165, 1.54) is 4.68 Å². The Kier molecular flexibility index (Phi) is 7.67. The highest BCUT2D eigenvalue weighted by Gasteiger charge is 2.12. The summed E-state index contributed by atoms with van der Waals surface area (Å²) in [5.41, 5.74) is 1.19. The number of benzene rings is 2. The molecule has 0 amide bonds. The standard InChI is InChI=1S/C23H25BrClN3O2/c1-4-6-7-22-27-20-10-8-17(24)13-19(20)23(29)28(22)26-14-16-12-18(25)9-11-21(16)30-15(3)5-2/h8-15H,4-7H2,1-3H3/t15-/m1/s1. The maximum atomic E-state index is 13.2. The van der Waals surface area contributed by atoms with Crippen molar-refractivity contribution >= 4 is 44.6 Å². The van der Waals surface area contributed by atoms with Crippen LogP contribution in [0.1, 0.15) is 51.4 Å². The van der Waals surface area contributed by atoms with Crippen molar-refractivity contribution < 1.29 is 4.74 Å². The van der Waals surface area contributed by atoms with Crippen LogP contribution in [-0.4, -0.2) is 22.0 Å². The van der Waals surface area contributed by atoms with Gasteiger partial charge in [-0.05, 0) is 56.2 Å². The van der Waals surface area contributed by atoms with Crippen molar-refractivity contribution in [3.63, 3.8) is 0 Å². The molecule has 0 saturated carbocycles. The largest absolute Gasteiger partial charge is 0.490 e. The summed E-state index contributed by atoms with van der Waals surface area (Å²) in [5.74, 6) is 1.32. The smallest absolute Gasteiger partial charge is 0.282 e. The molecule has 5 nitrogen and oxygen atoms in total. The highest BCUT2D eigenvalue weighted by molar-refractivity contribution is 9.10. The van der Waals surface area contributed by atoms with Gasteiger partial charge < -0.3 is 4.74 Å². The summed E-state index contributed by atoms with van der Waals surface area (Å²) in [6.45, 7) is 6.18. The van der Waals surface area contributed by atoms with Gasteiger partial charge in [-0.2, -0.15) is 9.78 Å². The third-order valence-electron chi connectivity index (χ3n) is 4.82. The predicted octanol–water partition coefficient (Wildman–Crippen LogP) is 6.21. The van der Waals surface area contributed by atoms with Crippen LogP contribution in [0.3, 0.4) is 0 Å². The lowest BCUT2D eigenvalue weighted by atomic mass is 10.2. The maximum absolute atomic E-state index is 13.2. The Balaban J connectivity index is 2.10. The first-order valence-electron chi connectivity index (χ1n) is 10.1. The zero-order chi connectivity index (χ0) is 21.7. The van der Waals surface area contributed by atoms with E-state index in [0.717, 1.165) is 23.7 Å². The van der Waals surface area contributed by atoms with Crippen molar-refractivity contribution in [1.29, 1.82) is 0 Å². The highest BCUT2D eigenvalue weighted by atomic mass is 79.9. The molecule has 3 aromatic rings. The topological polar surface area (TPSA) is 56.5 Å². The van der Waals surface area contributed by atoms with Gasteiger partial charge in [-0.3, -0.25) is 4.79 Å². The van der Waals surface area contributed by atoms with Crippen molar-refractivity contribution in [1.82, 2.24) is 9.66 Å². The first-order valence-corrected chi connectivity index (χ1v) is 11.3. The van der Waals surface area contributed by atoms with E-state index in [1.807, 2.05) is 25.1 Å². The van der Waals surface area contributed by atoms with E-state index in [-0.39, 0.29) is 11.7 Å². The molecule has 1 heterocycles. The molecule has 0 fully saturated rings. The fourth-order valence-corrected chi connectivity index (χ4v) is 3.50. The molecule has 7 heteroatoms. The number of hydrogen-bond acceptors (Lipinski definition) is 4. The second-order valence-corrected chi connectivity index (χ2v) is 8.53. The number of hydrogen-bond donors (Lipinski definition) is 0. The molecule has 0 spiro atoms. The van der Waals surface area contributed by atoms with Crippen LogP contribution in [-0.2, 0) is 6.42 Å². The molecular formula is C23H25BrClN3O2. The van der Waals surface area contributed by atoms with Gasteiger partial charge in [0.15, 0.2) is 0 Å². The van der Waals surface area contributed by atoms with Gasteiger partial charge in [0, 0.05) is 21.5 Å². The summed E-state index contributed by atoms with van der Waals surface area (Å²) in [4.78, 5) is 17.9. The van der Waals surface area contributed by atoms with E-state index in [1.54, 1.807) is 24.4 Å². The summed E-state index contributed by atoms with van der Waals surface area (Å²) in [6.07, 6.45) is 5.14. The molecule has 0 unspecified atom stereocenters. The molecule has 158 valence electrons. The minimum Gasteiger partial charge on any atom is -0.490 e. The zero-order valence-electron chi connectivity index (χ0n) is 17.4. The summed E-state index contributed by atoms with van der Waals surface area (Å²) in [5, 5.41) is 5.60. The van der Waals surface area contributed by atoms with Gasteiger partial charge in [0.05, 0.1) is 23.2 Å². The number of nitrogens with zero attached hydrogens (tertiary/aromatic N) is 3. The molecule has 0 aliphatic rings. The van der Waals surface area contributed by atoms with Crippen LogP contribution in [0.25, 0.3) is 10.9 Å². The average molecular weight is 491 g/mol. The third kappa shape index (κ3) is 5.29. The van der Waals surface area contributed by atoms with Crippen LogP contribution in [0.2, 0.25) is 5.02 Å². The lowest BCUT2D eigenvalue weighted by Crippen LogP contribution is -2.22. The van der Waals surface area contributed by atoms with Crippen molar-refractivity contribution in [3.05, 3.63) is 67.6 Å². The van der Waals surface area contributed by atoms with Crippen molar-refractivity contribution in [2.75, 3.05) is 0 Å². The number of rotatable bonds is 8. The van der Waals surface area contributed by atoms with Crippen LogP contribution in [0.5, 0.6) is 5.75 Å². The molecule has 0 aliphatic heterocycles. The normalized spacial score (nSPS) is 12.6. The second kappa shape index (κ2) is 10.2. The molecule has 0 N–H and O–H groups in total. The number of ether oxygens (including phenoxy) is 1. The minimum atomic E-state index is -0.199. The van der Waals surface area contributed by atoms with E-state index in [0.29, 0.717) is 39.5 Å². The molecule has 30 heavy (non-hydrogen) atoms. The van der Waals surface area contributed by atoms with Gasteiger partial charge in [0.1, 0.15) is 11.6 Å². The highest BCUT2D eigenvalue weighted by Crippen LogP contribution is 2.23. The van der Waals surface area contributed by atoms with Gasteiger partial charge in [-0.15, -0.1) is 0 Å². The lowest BCUT2D eigenvalue weighted by Gasteiger charge is -2.15. The minimum absolute atomic E-state index is 0.0563. The molecule has 3 rings (SSSR count). The predicted molar refractivity (Wildman–Crippen MR) is 127 cm³/mol. The average Bonchev–Trinajstić information content (AvgIpc) is 2.73. The van der Waals surface area contributed by atoms with Crippen LogP contribution in [0, 0.1) is 0 Å². The van der Waals surface area contributed by atoms with Crippen molar-refractivity contribution in [2.24, 2.45) is 5.10 Å². The molecule has 1 aromatic heterocycles. The van der Waals surface area contributed by atoms with E-state index in [4.69, 9.17) is 21.3 Å². The van der Waals surface area contributed by atoms with Crippen LogP contribution < -0.4 is 10.3 Å². The fourth-order valence-electron chi connectivity index (χ4n) is 2.96. The van der Waals surface area contributed by atoms with E-state index < -0.39 is 0 Å². The number of halogens is 2. The number of unbranched alkanes of at least 4 members (excludes halogenated alkanes) is 1. The zero-order valence-corrected chi connectivity index (χ0v) is 19.7. The SMILES string of the molecule is CCCCc1nc2ccc(Br)cc2c(=O)n1N=Cc1cc(Cl)ccc1O[C@H](C)CC. The Bertz CT molecular complexity index is 1130. The van der Waals surface area contributed by atoms with Crippen molar-refractivity contribution in [3.8, 4) is 5.75 Å².